The Balaban J connectivity index is 1.60. The Morgan fingerprint density at radius 3 is 2.48 bits per heavy atom. The van der Waals surface area contributed by atoms with Crippen LogP contribution in [-0.2, 0) is 0 Å². The summed E-state index contributed by atoms with van der Waals surface area (Å²) in [4.78, 5) is 7.05. The van der Waals surface area contributed by atoms with Gasteiger partial charge in [0.05, 0.1) is 0 Å². The fourth-order valence-corrected chi connectivity index (χ4v) is 5.04. The Labute approximate surface area is 128 Å². The maximum Gasteiger partial charge on any atom is 0.0420 e. The van der Waals surface area contributed by atoms with Crippen molar-refractivity contribution in [1.82, 2.24) is 15.2 Å². The van der Waals surface area contributed by atoms with E-state index in [0.717, 1.165) is 6.04 Å². The Bertz CT molecular complexity index is 461. The molecule has 1 aromatic rings. The summed E-state index contributed by atoms with van der Waals surface area (Å²) < 4.78 is 0. The van der Waals surface area contributed by atoms with Gasteiger partial charge in [-0.15, -0.1) is 0 Å². The summed E-state index contributed by atoms with van der Waals surface area (Å²) in [7, 11) is 0. The molecule has 0 unspecified atom stereocenters. The van der Waals surface area contributed by atoms with Crippen molar-refractivity contribution in [2.75, 3.05) is 19.6 Å². The van der Waals surface area contributed by atoms with Crippen LogP contribution < -0.4 is 5.32 Å². The maximum absolute atomic E-state index is 4.23. The number of piperidine rings is 1. The SMILES string of the molecule is c1cc([C@H]2N(C3CCNCC3)CC23CCCCC3)ccn1. The lowest BCUT2D eigenvalue weighted by atomic mass is 9.60. The lowest BCUT2D eigenvalue weighted by Gasteiger charge is -2.62. The number of likely N-dealkylation sites (tertiary alicyclic amines) is 1. The number of rotatable bonds is 2. The molecule has 3 heteroatoms. The van der Waals surface area contributed by atoms with Gasteiger partial charge in [-0.05, 0) is 56.5 Å². The van der Waals surface area contributed by atoms with E-state index in [4.69, 9.17) is 0 Å². The molecule has 114 valence electrons. The summed E-state index contributed by atoms with van der Waals surface area (Å²) in [6, 6.07) is 5.96. The smallest absolute Gasteiger partial charge is 0.0420 e. The second-order valence-corrected chi connectivity index (χ2v) is 7.26. The van der Waals surface area contributed by atoms with Crippen molar-refractivity contribution < 1.29 is 0 Å². The molecule has 1 saturated carbocycles. The van der Waals surface area contributed by atoms with E-state index >= 15 is 0 Å². The van der Waals surface area contributed by atoms with Gasteiger partial charge in [-0.2, -0.15) is 0 Å². The Hall–Kier alpha value is -0.930. The van der Waals surface area contributed by atoms with Crippen LogP contribution in [0.25, 0.3) is 0 Å². The molecule has 3 aliphatic rings. The van der Waals surface area contributed by atoms with Crippen molar-refractivity contribution in [3.8, 4) is 0 Å². The first-order chi connectivity index (χ1) is 10.4. The quantitative estimate of drug-likeness (QED) is 0.905. The Morgan fingerprint density at radius 1 is 1.05 bits per heavy atom. The highest BCUT2D eigenvalue weighted by atomic mass is 15.3. The summed E-state index contributed by atoms with van der Waals surface area (Å²) in [6.07, 6.45) is 13.8. The van der Waals surface area contributed by atoms with E-state index in [-0.39, 0.29) is 0 Å². The molecule has 3 heterocycles. The number of pyridine rings is 1. The molecule has 0 radical (unpaired) electrons. The van der Waals surface area contributed by atoms with Gasteiger partial charge in [0.25, 0.3) is 0 Å². The molecule has 2 saturated heterocycles. The van der Waals surface area contributed by atoms with Gasteiger partial charge < -0.3 is 5.32 Å². The molecule has 1 N–H and O–H groups in total. The summed E-state index contributed by atoms with van der Waals surface area (Å²) in [5, 5.41) is 3.51. The van der Waals surface area contributed by atoms with Gasteiger partial charge in [0.2, 0.25) is 0 Å². The average Bonchev–Trinajstić information content (AvgIpc) is 2.55. The van der Waals surface area contributed by atoms with Crippen LogP contribution in [0.4, 0.5) is 0 Å². The standard InChI is InChI=1S/C18H27N3/c1-2-8-18(9-3-1)14-21(16-6-12-20-13-7-16)17(18)15-4-10-19-11-5-15/h4-5,10-11,16-17,20H,1-3,6-9,12-14H2/t17-/m1/s1. The fraction of sp³-hybridized carbons (Fsp3) is 0.722. The molecule has 3 nitrogen and oxygen atoms in total. The van der Waals surface area contributed by atoms with E-state index in [1.807, 2.05) is 12.4 Å². The second kappa shape index (κ2) is 5.69. The molecule has 1 aliphatic carbocycles. The van der Waals surface area contributed by atoms with Crippen LogP contribution in [0, 0.1) is 5.41 Å². The summed E-state index contributed by atoms with van der Waals surface area (Å²) in [6.45, 7) is 3.72. The number of aromatic nitrogens is 1. The average molecular weight is 285 g/mol. The largest absolute Gasteiger partial charge is 0.317 e. The van der Waals surface area contributed by atoms with Gasteiger partial charge in [-0.25, -0.2) is 0 Å². The minimum atomic E-state index is 0.574. The topological polar surface area (TPSA) is 28.2 Å². The highest BCUT2D eigenvalue weighted by molar-refractivity contribution is 5.24. The predicted octanol–water partition coefficient (Wildman–Crippen LogP) is 3.14. The van der Waals surface area contributed by atoms with Gasteiger partial charge in [0, 0.05) is 36.4 Å². The van der Waals surface area contributed by atoms with Crippen molar-refractivity contribution in [3.63, 3.8) is 0 Å². The summed E-state index contributed by atoms with van der Waals surface area (Å²) in [5.41, 5.74) is 2.08. The maximum atomic E-state index is 4.23. The second-order valence-electron chi connectivity index (χ2n) is 7.26. The van der Waals surface area contributed by atoms with Gasteiger partial charge in [0.15, 0.2) is 0 Å². The lowest BCUT2D eigenvalue weighted by Crippen LogP contribution is -2.63. The number of hydrogen-bond acceptors (Lipinski definition) is 3. The van der Waals surface area contributed by atoms with Crippen LogP contribution in [-0.4, -0.2) is 35.6 Å². The molecule has 1 aromatic heterocycles. The zero-order chi connectivity index (χ0) is 14.1. The molecule has 21 heavy (non-hydrogen) atoms. The molecule has 0 bridgehead atoms. The third-order valence-electron chi connectivity index (χ3n) is 6.06. The van der Waals surface area contributed by atoms with Crippen molar-refractivity contribution in [3.05, 3.63) is 30.1 Å². The Morgan fingerprint density at radius 2 is 1.76 bits per heavy atom. The lowest BCUT2D eigenvalue weighted by molar-refractivity contribution is -0.129. The van der Waals surface area contributed by atoms with Gasteiger partial charge in [-0.1, -0.05) is 19.3 Å². The third-order valence-corrected chi connectivity index (χ3v) is 6.06. The molecular formula is C18H27N3. The summed E-state index contributed by atoms with van der Waals surface area (Å²) >= 11 is 0. The van der Waals surface area contributed by atoms with E-state index in [2.05, 4.69) is 27.3 Å². The highest BCUT2D eigenvalue weighted by Crippen LogP contribution is 2.58. The van der Waals surface area contributed by atoms with Crippen LogP contribution in [0.1, 0.15) is 56.6 Å². The van der Waals surface area contributed by atoms with E-state index in [1.54, 1.807) is 0 Å². The van der Waals surface area contributed by atoms with Crippen LogP contribution in [0.3, 0.4) is 0 Å². The van der Waals surface area contributed by atoms with Crippen molar-refractivity contribution in [1.29, 1.82) is 0 Å². The summed E-state index contributed by atoms with van der Waals surface area (Å²) in [5.74, 6) is 0. The monoisotopic (exact) mass is 285 g/mol. The first-order valence-corrected chi connectivity index (χ1v) is 8.75. The zero-order valence-electron chi connectivity index (χ0n) is 12.9. The van der Waals surface area contributed by atoms with E-state index in [1.165, 1.54) is 70.1 Å². The van der Waals surface area contributed by atoms with Crippen molar-refractivity contribution in [2.24, 2.45) is 5.41 Å². The molecule has 1 atom stereocenters. The normalized spacial score (nSPS) is 30.2. The van der Waals surface area contributed by atoms with Crippen LogP contribution in [0.5, 0.6) is 0 Å². The highest BCUT2D eigenvalue weighted by Gasteiger charge is 2.54. The fourth-order valence-electron chi connectivity index (χ4n) is 5.04. The molecule has 1 spiro atoms. The van der Waals surface area contributed by atoms with E-state index < -0.39 is 0 Å². The van der Waals surface area contributed by atoms with E-state index in [9.17, 15) is 0 Å². The zero-order valence-corrected chi connectivity index (χ0v) is 12.9. The van der Waals surface area contributed by atoms with Gasteiger partial charge >= 0.3 is 0 Å². The van der Waals surface area contributed by atoms with Crippen LogP contribution in [0.2, 0.25) is 0 Å². The van der Waals surface area contributed by atoms with Crippen LogP contribution in [0.15, 0.2) is 24.5 Å². The van der Waals surface area contributed by atoms with E-state index in [0.29, 0.717) is 11.5 Å². The minimum Gasteiger partial charge on any atom is -0.317 e. The minimum absolute atomic E-state index is 0.574. The first-order valence-electron chi connectivity index (χ1n) is 8.75. The van der Waals surface area contributed by atoms with Crippen LogP contribution >= 0.6 is 0 Å². The Kier molecular flexibility index (Phi) is 3.72. The first kappa shape index (κ1) is 13.7. The number of nitrogens with zero attached hydrogens (tertiary/aromatic N) is 2. The molecule has 3 fully saturated rings. The molecule has 2 aliphatic heterocycles. The third kappa shape index (κ3) is 2.40. The number of nitrogens with one attached hydrogen (secondary N) is 1. The molecule has 4 rings (SSSR count). The molecular weight excluding hydrogens is 258 g/mol. The predicted molar refractivity (Wildman–Crippen MR) is 85.1 cm³/mol. The molecule has 0 amide bonds. The van der Waals surface area contributed by atoms with Gasteiger partial charge in [0.1, 0.15) is 0 Å². The van der Waals surface area contributed by atoms with Crippen molar-refractivity contribution in [2.45, 2.75) is 57.0 Å². The van der Waals surface area contributed by atoms with Crippen molar-refractivity contribution >= 4 is 0 Å². The van der Waals surface area contributed by atoms with Gasteiger partial charge in [-0.3, -0.25) is 9.88 Å². The number of hydrogen-bond donors (Lipinski definition) is 1. The molecule has 0 aromatic carbocycles.